The Morgan fingerprint density at radius 2 is 1.85 bits per heavy atom. The molecule has 27 heavy (non-hydrogen) atoms. The van der Waals surface area contributed by atoms with Crippen molar-refractivity contribution in [2.75, 3.05) is 12.0 Å². The maximum absolute atomic E-state index is 13.1. The molecule has 2 heterocycles. The fourth-order valence-corrected chi connectivity index (χ4v) is 3.28. The fourth-order valence-electron chi connectivity index (χ4n) is 2.82. The van der Waals surface area contributed by atoms with Crippen molar-refractivity contribution in [3.8, 4) is 5.75 Å². The number of ether oxygens (including phenoxy) is 1. The third kappa shape index (κ3) is 3.31. The van der Waals surface area contributed by atoms with Gasteiger partial charge in [0.15, 0.2) is 0 Å². The Bertz CT molecular complexity index is 1040. The molecule has 1 aliphatic rings. The molecular formula is C21H15BrN2O3. The molecule has 3 aromatic rings. The molecule has 0 saturated carbocycles. The van der Waals surface area contributed by atoms with Gasteiger partial charge in [0, 0.05) is 16.1 Å². The number of carbonyl (C=O) groups is 1. The van der Waals surface area contributed by atoms with Gasteiger partial charge < -0.3 is 9.15 Å². The lowest BCUT2D eigenvalue weighted by molar-refractivity contribution is -0.113. The van der Waals surface area contributed by atoms with E-state index in [9.17, 15) is 4.79 Å². The van der Waals surface area contributed by atoms with Gasteiger partial charge in [-0.05, 0) is 42.5 Å². The van der Waals surface area contributed by atoms with Crippen LogP contribution < -0.4 is 9.64 Å². The average Bonchev–Trinajstić information content (AvgIpc) is 3.31. The summed E-state index contributed by atoms with van der Waals surface area (Å²) in [7, 11) is 1.61. The minimum atomic E-state index is -0.220. The van der Waals surface area contributed by atoms with Crippen LogP contribution in [-0.2, 0) is 4.79 Å². The highest BCUT2D eigenvalue weighted by Gasteiger charge is 2.33. The van der Waals surface area contributed by atoms with Crippen LogP contribution in [0.5, 0.6) is 5.75 Å². The number of halogens is 1. The van der Waals surface area contributed by atoms with Crippen LogP contribution in [0.2, 0.25) is 0 Å². The Morgan fingerprint density at radius 1 is 1.07 bits per heavy atom. The van der Waals surface area contributed by atoms with Crippen molar-refractivity contribution in [1.29, 1.82) is 0 Å². The number of methoxy groups -OCH3 is 1. The second kappa shape index (κ2) is 7.25. The quantitative estimate of drug-likeness (QED) is 0.562. The van der Waals surface area contributed by atoms with E-state index in [-0.39, 0.29) is 5.91 Å². The lowest BCUT2D eigenvalue weighted by atomic mass is 10.1. The Balaban J connectivity index is 1.83. The number of nitrogens with zero attached hydrogens (tertiary/aromatic N) is 2. The normalized spacial score (nSPS) is 15.3. The van der Waals surface area contributed by atoms with E-state index in [1.54, 1.807) is 36.5 Å². The van der Waals surface area contributed by atoms with Gasteiger partial charge in [0.1, 0.15) is 23.0 Å². The van der Waals surface area contributed by atoms with E-state index in [0.717, 1.165) is 15.8 Å². The van der Waals surface area contributed by atoms with Gasteiger partial charge >= 0.3 is 0 Å². The summed E-state index contributed by atoms with van der Waals surface area (Å²) in [5, 5.41) is 0. The van der Waals surface area contributed by atoms with Crippen molar-refractivity contribution < 1.29 is 13.9 Å². The van der Waals surface area contributed by atoms with Gasteiger partial charge in [0.05, 0.1) is 19.1 Å². The first-order valence-corrected chi connectivity index (χ1v) is 9.04. The van der Waals surface area contributed by atoms with Crippen molar-refractivity contribution in [1.82, 2.24) is 0 Å². The predicted octanol–water partition coefficient (Wildman–Crippen LogP) is 4.89. The van der Waals surface area contributed by atoms with E-state index in [4.69, 9.17) is 9.15 Å². The van der Waals surface area contributed by atoms with Crippen LogP contribution in [0.4, 0.5) is 5.69 Å². The molecule has 1 aromatic heterocycles. The Morgan fingerprint density at radius 3 is 2.52 bits per heavy atom. The van der Waals surface area contributed by atoms with Crippen LogP contribution in [0.25, 0.3) is 6.08 Å². The third-order valence-corrected chi connectivity index (χ3v) is 4.82. The number of carbonyl (C=O) groups excluding carboxylic acids is 1. The van der Waals surface area contributed by atoms with E-state index in [1.807, 2.05) is 48.5 Å². The summed E-state index contributed by atoms with van der Waals surface area (Å²) in [5.41, 5.74) is 1.84. The molecule has 2 aromatic carbocycles. The SMILES string of the molecule is COc1ccc(N2C(=O)/C(=C\c3ccco3)N=C2c2ccccc2Br)cc1. The number of furan rings is 1. The summed E-state index contributed by atoms with van der Waals surface area (Å²) >= 11 is 3.55. The number of hydrogen-bond acceptors (Lipinski definition) is 4. The van der Waals surface area contributed by atoms with E-state index in [2.05, 4.69) is 20.9 Å². The molecule has 0 fully saturated rings. The zero-order valence-corrected chi connectivity index (χ0v) is 16.0. The molecular weight excluding hydrogens is 408 g/mol. The van der Waals surface area contributed by atoms with Crippen molar-refractivity contribution in [2.45, 2.75) is 0 Å². The highest BCUT2D eigenvalue weighted by molar-refractivity contribution is 9.10. The second-order valence-corrected chi connectivity index (χ2v) is 6.65. The molecule has 0 N–H and O–H groups in total. The first kappa shape index (κ1) is 17.3. The van der Waals surface area contributed by atoms with Crippen molar-refractivity contribution in [3.63, 3.8) is 0 Å². The van der Waals surface area contributed by atoms with E-state index >= 15 is 0 Å². The lowest BCUT2D eigenvalue weighted by Crippen LogP contribution is -2.32. The van der Waals surface area contributed by atoms with Gasteiger partial charge in [-0.3, -0.25) is 9.69 Å². The number of rotatable bonds is 4. The molecule has 134 valence electrons. The molecule has 0 saturated heterocycles. The number of benzene rings is 2. The molecule has 0 radical (unpaired) electrons. The van der Waals surface area contributed by atoms with Gasteiger partial charge in [-0.1, -0.05) is 34.1 Å². The molecule has 1 aliphatic heterocycles. The Labute approximate surface area is 164 Å². The molecule has 5 nitrogen and oxygen atoms in total. The van der Waals surface area contributed by atoms with Crippen molar-refractivity contribution in [3.05, 3.63) is 88.4 Å². The monoisotopic (exact) mass is 422 g/mol. The summed E-state index contributed by atoms with van der Waals surface area (Å²) in [6.07, 6.45) is 3.20. The molecule has 0 bridgehead atoms. The number of amidine groups is 1. The highest BCUT2D eigenvalue weighted by atomic mass is 79.9. The molecule has 4 rings (SSSR count). The van der Waals surface area contributed by atoms with E-state index < -0.39 is 0 Å². The molecule has 0 unspecified atom stereocenters. The Kier molecular flexibility index (Phi) is 4.64. The zero-order valence-electron chi connectivity index (χ0n) is 14.4. The largest absolute Gasteiger partial charge is 0.497 e. The summed E-state index contributed by atoms with van der Waals surface area (Å²) in [5.74, 6) is 1.62. The van der Waals surface area contributed by atoms with Crippen LogP contribution in [0, 0.1) is 0 Å². The third-order valence-electron chi connectivity index (χ3n) is 4.13. The maximum atomic E-state index is 13.1. The maximum Gasteiger partial charge on any atom is 0.282 e. The van der Waals surface area contributed by atoms with E-state index in [1.165, 1.54) is 0 Å². The molecule has 0 aliphatic carbocycles. The summed E-state index contributed by atoms with van der Waals surface area (Å²) in [6, 6.07) is 18.5. The fraction of sp³-hybridized carbons (Fsp3) is 0.0476. The predicted molar refractivity (Wildman–Crippen MR) is 108 cm³/mol. The van der Waals surface area contributed by atoms with Crippen LogP contribution in [0.3, 0.4) is 0 Å². The standard InChI is InChI=1S/C21H15BrN2O3/c1-26-15-10-8-14(9-11-15)24-20(17-6-2-3-7-18(17)22)23-19(21(24)25)13-16-5-4-12-27-16/h2-13H,1H3/b19-13+. The molecule has 1 amide bonds. The first-order chi connectivity index (χ1) is 13.2. The van der Waals surface area contributed by atoms with Crippen LogP contribution >= 0.6 is 15.9 Å². The number of anilines is 1. The minimum Gasteiger partial charge on any atom is -0.497 e. The van der Waals surface area contributed by atoms with Crippen molar-refractivity contribution >= 4 is 39.4 Å². The summed E-state index contributed by atoms with van der Waals surface area (Å²) in [6.45, 7) is 0. The Hall–Kier alpha value is -3.12. The van der Waals surface area contributed by atoms with Crippen LogP contribution in [0.1, 0.15) is 11.3 Å². The second-order valence-electron chi connectivity index (χ2n) is 5.80. The van der Waals surface area contributed by atoms with Gasteiger partial charge in [-0.25, -0.2) is 4.99 Å². The summed E-state index contributed by atoms with van der Waals surface area (Å²) < 4.78 is 11.4. The number of hydrogen-bond donors (Lipinski definition) is 0. The summed E-state index contributed by atoms with van der Waals surface area (Å²) in [4.78, 5) is 19.3. The van der Waals surface area contributed by atoms with Crippen LogP contribution in [-0.4, -0.2) is 18.9 Å². The topological polar surface area (TPSA) is 55.0 Å². The average molecular weight is 423 g/mol. The molecule has 0 spiro atoms. The number of aliphatic imine (C=N–C) groups is 1. The van der Waals surface area contributed by atoms with Gasteiger partial charge in [-0.2, -0.15) is 0 Å². The smallest absolute Gasteiger partial charge is 0.282 e. The first-order valence-electron chi connectivity index (χ1n) is 8.24. The lowest BCUT2D eigenvalue weighted by Gasteiger charge is -2.19. The number of amides is 1. The molecule has 6 heteroatoms. The van der Waals surface area contributed by atoms with Gasteiger partial charge in [0.2, 0.25) is 0 Å². The highest BCUT2D eigenvalue weighted by Crippen LogP contribution is 2.31. The van der Waals surface area contributed by atoms with E-state index in [0.29, 0.717) is 23.0 Å². The van der Waals surface area contributed by atoms with Crippen LogP contribution in [0.15, 0.2) is 86.5 Å². The zero-order chi connectivity index (χ0) is 18.8. The minimum absolute atomic E-state index is 0.220. The van der Waals surface area contributed by atoms with Crippen molar-refractivity contribution in [2.24, 2.45) is 4.99 Å². The van der Waals surface area contributed by atoms with Gasteiger partial charge in [0.25, 0.3) is 5.91 Å². The molecule has 0 atom stereocenters. The van der Waals surface area contributed by atoms with Gasteiger partial charge in [-0.15, -0.1) is 0 Å².